The Morgan fingerprint density at radius 2 is 1.27 bits per heavy atom. The molecule has 0 amide bonds. The van der Waals surface area contributed by atoms with Gasteiger partial charge in [-0.3, -0.25) is 9.59 Å². The fourth-order valence-electron chi connectivity index (χ4n) is 1.20. The van der Waals surface area contributed by atoms with Gasteiger partial charge in [-0.05, 0) is 27.7 Å². The highest BCUT2D eigenvalue weighted by molar-refractivity contribution is 5.67. The van der Waals surface area contributed by atoms with Crippen LogP contribution < -0.4 is 0 Å². The van der Waals surface area contributed by atoms with Gasteiger partial charge in [-0.2, -0.15) is 0 Å². The lowest BCUT2D eigenvalue weighted by molar-refractivity contribution is -0.271. The Hall–Kier alpha value is -1.22. The fraction of sp³-hybridized carbons (Fsp3) is 0.857. The summed E-state index contributed by atoms with van der Waals surface area (Å²) in [5.74, 6) is -1.31. The SMILES string of the molecule is CCOC(CC(=O)O)OCC.CCOC(OCC)OC(C)=O. The largest absolute Gasteiger partial charge is 0.481 e. The first-order chi connectivity index (χ1) is 10.4. The van der Waals surface area contributed by atoms with E-state index < -0.39 is 24.7 Å². The van der Waals surface area contributed by atoms with Crippen LogP contribution >= 0.6 is 0 Å². The molecule has 8 nitrogen and oxygen atoms in total. The van der Waals surface area contributed by atoms with E-state index >= 15 is 0 Å². The van der Waals surface area contributed by atoms with Gasteiger partial charge >= 0.3 is 18.4 Å². The van der Waals surface area contributed by atoms with E-state index in [-0.39, 0.29) is 6.42 Å². The maximum atomic E-state index is 10.4. The lowest BCUT2D eigenvalue weighted by Crippen LogP contribution is -2.23. The van der Waals surface area contributed by atoms with Gasteiger partial charge in [0.1, 0.15) is 0 Å². The van der Waals surface area contributed by atoms with Crippen LogP contribution in [0, 0.1) is 0 Å². The topological polar surface area (TPSA) is 101 Å². The number of ether oxygens (including phenoxy) is 5. The van der Waals surface area contributed by atoms with Crippen molar-refractivity contribution in [2.75, 3.05) is 26.4 Å². The predicted octanol–water partition coefficient (Wildman–Crippen LogP) is 1.77. The molecule has 0 atom stereocenters. The third-order valence-corrected chi connectivity index (χ3v) is 1.91. The quantitative estimate of drug-likeness (QED) is 0.453. The minimum absolute atomic E-state index is 0.0956. The van der Waals surface area contributed by atoms with Crippen molar-refractivity contribution < 1.29 is 38.4 Å². The van der Waals surface area contributed by atoms with Gasteiger partial charge in [0.2, 0.25) is 0 Å². The highest BCUT2D eigenvalue weighted by atomic mass is 16.9. The smallest absolute Gasteiger partial charge is 0.318 e. The summed E-state index contributed by atoms with van der Waals surface area (Å²) < 4.78 is 24.5. The number of hydrogen-bond donors (Lipinski definition) is 1. The summed E-state index contributed by atoms with van der Waals surface area (Å²) in [5.41, 5.74) is 0. The van der Waals surface area contributed by atoms with Crippen LogP contribution in [0.3, 0.4) is 0 Å². The number of aliphatic carboxylic acids is 1. The zero-order valence-corrected chi connectivity index (χ0v) is 14.0. The molecule has 0 fully saturated rings. The molecule has 132 valence electrons. The van der Waals surface area contributed by atoms with Gasteiger partial charge in [0.15, 0.2) is 6.29 Å². The van der Waals surface area contributed by atoms with E-state index in [0.29, 0.717) is 26.4 Å². The maximum absolute atomic E-state index is 10.4. The molecule has 0 saturated heterocycles. The molecule has 0 bridgehead atoms. The van der Waals surface area contributed by atoms with Crippen molar-refractivity contribution in [2.24, 2.45) is 0 Å². The minimum atomic E-state index is -0.906. The summed E-state index contributed by atoms with van der Waals surface area (Å²) in [4.78, 5) is 20.6. The van der Waals surface area contributed by atoms with Gasteiger partial charge in [-0.25, -0.2) is 0 Å². The Labute approximate surface area is 131 Å². The zero-order valence-electron chi connectivity index (χ0n) is 14.0. The van der Waals surface area contributed by atoms with Crippen molar-refractivity contribution in [3.05, 3.63) is 0 Å². The molecule has 0 aliphatic heterocycles. The molecule has 0 saturated carbocycles. The van der Waals surface area contributed by atoms with E-state index in [4.69, 9.17) is 24.1 Å². The van der Waals surface area contributed by atoms with Crippen molar-refractivity contribution in [3.8, 4) is 0 Å². The average molecular weight is 324 g/mol. The number of carbonyl (C=O) groups excluding carboxylic acids is 1. The van der Waals surface area contributed by atoms with E-state index in [2.05, 4.69) is 4.74 Å². The first-order valence-corrected chi connectivity index (χ1v) is 7.26. The number of carboxylic acids is 1. The van der Waals surface area contributed by atoms with Crippen LogP contribution in [-0.4, -0.2) is 56.2 Å². The van der Waals surface area contributed by atoms with Crippen LogP contribution in [0.25, 0.3) is 0 Å². The van der Waals surface area contributed by atoms with Crippen LogP contribution in [0.1, 0.15) is 41.0 Å². The van der Waals surface area contributed by atoms with Crippen molar-refractivity contribution >= 4 is 11.9 Å². The molecular weight excluding hydrogens is 296 g/mol. The van der Waals surface area contributed by atoms with E-state index in [9.17, 15) is 9.59 Å². The maximum Gasteiger partial charge on any atom is 0.318 e. The summed E-state index contributed by atoms with van der Waals surface area (Å²) in [5, 5.41) is 8.38. The van der Waals surface area contributed by atoms with Crippen molar-refractivity contribution in [2.45, 2.75) is 53.8 Å². The van der Waals surface area contributed by atoms with Crippen LogP contribution in [-0.2, 0) is 33.3 Å². The molecule has 0 unspecified atom stereocenters. The van der Waals surface area contributed by atoms with Crippen molar-refractivity contribution in [3.63, 3.8) is 0 Å². The predicted molar refractivity (Wildman–Crippen MR) is 78.1 cm³/mol. The van der Waals surface area contributed by atoms with Crippen LogP contribution in [0.15, 0.2) is 0 Å². The Kier molecular flexibility index (Phi) is 16.9. The van der Waals surface area contributed by atoms with Gasteiger partial charge in [-0.15, -0.1) is 0 Å². The van der Waals surface area contributed by atoms with Gasteiger partial charge in [0.25, 0.3) is 0 Å². The number of rotatable bonds is 11. The van der Waals surface area contributed by atoms with E-state index in [1.165, 1.54) is 6.92 Å². The number of hydrogen-bond acceptors (Lipinski definition) is 7. The third kappa shape index (κ3) is 16.8. The van der Waals surface area contributed by atoms with Gasteiger partial charge in [-0.1, -0.05) is 0 Å². The van der Waals surface area contributed by atoms with Crippen molar-refractivity contribution in [1.82, 2.24) is 0 Å². The second kappa shape index (κ2) is 16.2. The first kappa shape index (κ1) is 23.1. The number of esters is 1. The monoisotopic (exact) mass is 324 g/mol. The fourth-order valence-corrected chi connectivity index (χ4v) is 1.20. The van der Waals surface area contributed by atoms with E-state index in [1.807, 2.05) is 0 Å². The normalized spacial score (nSPS) is 10.3. The van der Waals surface area contributed by atoms with E-state index in [1.54, 1.807) is 27.7 Å². The second-order valence-corrected chi connectivity index (χ2v) is 3.75. The molecule has 0 heterocycles. The van der Waals surface area contributed by atoms with E-state index in [0.717, 1.165) is 0 Å². The molecule has 0 spiro atoms. The second-order valence-electron chi connectivity index (χ2n) is 3.75. The Morgan fingerprint density at radius 1 is 0.864 bits per heavy atom. The zero-order chi connectivity index (χ0) is 17.4. The number of carboxylic acid groups (broad SMARTS) is 1. The molecule has 0 aliphatic carbocycles. The molecule has 0 radical (unpaired) electrons. The molecule has 0 aromatic rings. The molecule has 22 heavy (non-hydrogen) atoms. The number of carbonyl (C=O) groups is 2. The van der Waals surface area contributed by atoms with Crippen molar-refractivity contribution in [1.29, 1.82) is 0 Å². The Morgan fingerprint density at radius 3 is 1.55 bits per heavy atom. The van der Waals surface area contributed by atoms with Gasteiger partial charge in [0.05, 0.1) is 19.6 Å². The Balaban J connectivity index is 0. The average Bonchev–Trinajstić information content (AvgIpc) is 2.39. The molecule has 0 rings (SSSR count). The summed E-state index contributed by atoms with van der Waals surface area (Å²) in [6.07, 6.45) is -0.690. The lowest BCUT2D eigenvalue weighted by atomic mass is 10.4. The minimum Gasteiger partial charge on any atom is -0.481 e. The van der Waals surface area contributed by atoms with Crippen LogP contribution in [0.2, 0.25) is 0 Å². The van der Waals surface area contributed by atoms with Crippen LogP contribution in [0.4, 0.5) is 0 Å². The summed E-state index contributed by atoms with van der Waals surface area (Å²) in [6.45, 7) is 9.52. The van der Waals surface area contributed by atoms with Crippen LogP contribution in [0.5, 0.6) is 0 Å². The lowest BCUT2D eigenvalue weighted by Gasteiger charge is -2.15. The molecular formula is C14H28O8. The van der Waals surface area contributed by atoms with Gasteiger partial charge in [0, 0.05) is 20.1 Å². The van der Waals surface area contributed by atoms with Gasteiger partial charge < -0.3 is 28.8 Å². The summed E-state index contributed by atoms with van der Waals surface area (Å²) in [7, 11) is 0. The third-order valence-electron chi connectivity index (χ3n) is 1.91. The summed E-state index contributed by atoms with van der Waals surface area (Å²) >= 11 is 0. The summed E-state index contributed by atoms with van der Waals surface area (Å²) in [6, 6.07) is 0. The Bertz CT molecular complexity index is 242. The highest BCUT2D eigenvalue weighted by Crippen LogP contribution is 2.00. The molecule has 0 aromatic heterocycles. The molecule has 0 aliphatic rings. The first-order valence-electron chi connectivity index (χ1n) is 7.26. The molecule has 1 N–H and O–H groups in total. The molecule has 0 aromatic carbocycles. The highest BCUT2D eigenvalue weighted by Gasteiger charge is 2.12. The molecule has 8 heteroatoms. The standard InChI is InChI=1S/2C7H14O4/c1-4-9-7(10-5-2)11-6(3)8;1-3-10-7(11-4-2)5-6(8)9/h7H,4-5H2,1-3H3;7H,3-5H2,1-2H3,(H,8,9).